The molecule has 3 aromatic rings. The third-order valence-electron chi connectivity index (χ3n) is 6.80. The summed E-state index contributed by atoms with van der Waals surface area (Å²) >= 11 is 6.36. The van der Waals surface area contributed by atoms with Gasteiger partial charge in [0.25, 0.3) is 5.69 Å². The number of rotatable bonds is 4. The van der Waals surface area contributed by atoms with E-state index in [0.29, 0.717) is 41.2 Å². The molecule has 2 aliphatic rings. The number of anilines is 2. The molecular formula is C28H26ClN3O5. The summed E-state index contributed by atoms with van der Waals surface area (Å²) in [6, 6.07) is 14.3. The third-order valence-corrected chi connectivity index (χ3v) is 7.11. The van der Waals surface area contributed by atoms with E-state index in [0.717, 1.165) is 11.4 Å². The van der Waals surface area contributed by atoms with Crippen molar-refractivity contribution in [3.63, 3.8) is 0 Å². The number of nitro benzene ring substituents is 1. The summed E-state index contributed by atoms with van der Waals surface area (Å²) in [4.78, 5) is 39.4. The number of non-ortho nitro benzene ring substituents is 1. The van der Waals surface area contributed by atoms with E-state index in [1.54, 1.807) is 24.0 Å². The van der Waals surface area contributed by atoms with Gasteiger partial charge >= 0.3 is 0 Å². The zero-order valence-electron chi connectivity index (χ0n) is 20.7. The monoisotopic (exact) mass is 519 g/mol. The van der Waals surface area contributed by atoms with Gasteiger partial charge in [-0.2, -0.15) is 0 Å². The molecule has 5 rings (SSSR count). The highest BCUT2D eigenvalue weighted by Gasteiger charge is 2.44. The van der Waals surface area contributed by atoms with Crippen LogP contribution in [0.15, 0.2) is 70.3 Å². The van der Waals surface area contributed by atoms with Gasteiger partial charge < -0.3 is 9.73 Å². The molecule has 1 aliphatic carbocycles. The van der Waals surface area contributed by atoms with Gasteiger partial charge in [-0.1, -0.05) is 44.5 Å². The molecule has 0 saturated heterocycles. The van der Waals surface area contributed by atoms with Crippen molar-refractivity contribution in [2.75, 3.05) is 10.2 Å². The van der Waals surface area contributed by atoms with Gasteiger partial charge in [-0.05, 0) is 42.2 Å². The Kier molecular flexibility index (Phi) is 6.15. The van der Waals surface area contributed by atoms with Gasteiger partial charge in [-0.25, -0.2) is 0 Å². The number of amides is 1. The van der Waals surface area contributed by atoms with Crippen LogP contribution in [0.4, 0.5) is 17.1 Å². The Morgan fingerprint density at radius 1 is 1.19 bits per heavy atom. The number of allylic oxidation sites excluding steroid dienone is 1. The zero-order valence-corrected chi connectivity index (χ0v) is 21.5. The summed E-state index contributed by atoms with van der Waals surface area (Å²) in [5.41, 5.74) is 2.79. The average molecular weight is 520 g/mol. The maximum absolute atomic E-state index is 13.7. The van der Waals surface area contributed by atoms with Crippen molar-refractivity contribution in [3.05, 3.63) is 86.8 Å². The number of hydrogen-bond acceptors (Lipinski definition) is 6. The summed E-state index contributed by atoms with van der Waals surface area (Å²) in [6.07, 6.45) is 1.21. The third kappa shape index (κ3) is 4.42. The molecule has 0 radical (unpaired) electrons. The highest BCUT2D eigenvalue weighted by molar-refractivity contribution is 6.33. The van der Waals surface area contributed by atoms with Crippen LogP contribution >= 0.6 is 11.6 Å². The molecule has 0 spiro atoms. The molecule has 1 aliphatic heterocycles. The largest absolute Gasteiger partial charge is 0.458 e. The molecular weight excluding hydrogens is 494 g/mol. The van der Waals surface area contributed by atoms with Gasteiger partial charge in [0.2, 0.25) is 5.91 Å². The summed E-state index contributed by atoms with van der Waals surface area (Å²) < 4.78 is 6.27. The molecule has 190 valence electrons. The number of nitro groups is 1. The summed E-state index contributed by atoms with van der Waals surface area (Å²) in [6.45, 7) is 5.89. The average Bonchev–Trinajstić information content (AvgIpc) is 3.26. The van der Waals surface area contributed by atoms with Crippen molar-refractivity contribution in [2.24, 2.45) is 5.41 Å². The van der Waals surface area contributed by atoms with E-state index in [1.807, 2.05) is 24.3 Å². The topological polar surface area (TPSA) is 106 Å². The van der Waals surface area contributed by atoms with Crippen molar-refractivity contribution < 1.29 is 18.9 Å². The fourth-order valence-corrected chi connectivity index (χ4v) is 5.43. The van der Waals surface area contributed by atoms with Crippen LogP contribution in [0.1, 0.15) is 51.8 Å². The second kappa shape index (κ2) is 9.19. The molecule has 8 nitrogen and oxygen atoms in total. The Labute approximate surface area is 219 Å². The number of benzene rings is 2. The van der Waals surface area contributed by atoms with Crippen LogP contribution in [0, 0.1) is 15.5 Å². The van der Waals surface area contributed by atoms with Gasteiger partial charge in [-0.3, -0.25) is 24.6 Å². The summed E-state index contributed by atoms with van der Waals surface area (Å²) in [5.74, 6) is 0.592. The van der Waals surface area contributed by atoms with Gasteiger partial charge in [0.05, 0.1) is 21.3 Å². The van der Waals surface area contributed by atoms with E-state index in [1.165, 1.54) is 18.2 Å². The lowest BCUT2D eigenvalue weighted by Gasteiger charge is -2.36. The minimum absolute atomic E-state index is 0.0447. The predicted molar refractivity (Wildman–Crippen MR) is 141 cm³/mol. The fraction of sp³-hybridized carbons (Fsp3) is 0.286. The molecule has 0 fully saturated rings. The summed E-state index contributed by atoms with van der Waals surface area (Å²) in [7, 11) is 0. The number of ketones is 1. The van der Waals surface area contributed by atoms with Gasteiger partial charge in [-0.15, -0.1) is 0 Å². The van der Waals surface area contributed by atoms with Crippen molar-refractivity contribution >= 4 is 40.4 Å². The highest BCUT2D eigenvalue weighted by Crippen LogP contribution is 2.49. The van der Waals surface area contributed by atoms with E-state index >= 15 is 0 Å². The van der Waals surface area contributed by atoms with Crippen LogP contribution in [0.5, 0.6) is 0 Å². The van der Waals surface area contributed by atoms with Crippen LogP contribution in [0.2, 0.25) is 5.02 Å². The molecule has 9 heteroatoms. The molecule has 37 heavy (non-hydrogen) atoms. The van der Waals surface area contributed by atoms with E-state index in [2.05, 4.69) is 19.2 Å². The lowest BCUT2D eigenvalue weighted by Crippen LogP contribution is -2.39. The Bertz CT molecular complexity index is 1470. The maximum Gasteiger partial charge on any atom is 0.270 e. The van der Waals surface area contributed by atoms with E-state index in [4.69, 9.17) is 16.0 Å². The number of nitrogens with one attached hydrogen (secondary N) is 1. The van der Waals surface area contributed by atoms with E-state index in [9.17, 15) is 19.7 Å². The van der Waals surface area contributed by atoms with Gasteiger partial charge in [0.1, 0.15) is 17.6 Å². The predicted octanol–water partition coefficient (Wildman–Crippen LogP) is 7.06. The summed E-state index contributed by atoms with van der Waals surface area (Å²) in [5, 5.41) is 14.8. The molecule has 1 aromatic heterocycles. The lowest BCUT2D eigenvalue weighted by molar-refractivity contribution is -0.384. The molecule has 2 aromatic carbocycles. The van der Waals surface area contributed by atoms with E-state index < -0.39 is 11.0 Å². The Hall–Kier alpha value is -3.91. The van der Waals surface area contributed by atoms with Crippen LogP contribution in [-0.2, 0) is 9.59 Å². The van der Waals surface area contributed by atoms with Crippen LogP contribution in [-0.4, -0.2) is 16.6 Å². The van der Waals surface area contributed by atoms with Crippen molar-refractivity contribution in [2.45, 2.75) is 46.1 Å². The first-order valence-electron chi connectivity index (χ1n) is 12.1. The molecule has 1 amide bonds. The first-order chi connectivity index (χ1) is 17.6. The lowest BCUT2D eigenvalue weighted by atomic mass is 9.74. The van der Waals surface area contributed by atoms with Crippen LogP contribution in [0.3, 0.4) is 0 Å². The molecule has 2 heterocycles. The standard InChI is InChI=1S/C28H26ClN3O5/c1-4-25(34)31-21-8-6-5-7-19(21)30-20-14-28(2,3)15-22(33)26(20)27(31)24-12-11-23(37-24)17-10-9-16(32(35)36)13-18(17)29/h5-13,27,30H,4,14-15H2,1-3H3. The quantitative estimate of drug-likeness (QED) is 0.292. The number of fused-ring (bicyclic) bond motifs is 1. The van der Waals surface area contributed by atoms with E-state index in [-0.39, 0.29) is 34.2 Å². The minimum atomic E-state index is -0.784. The maximum atomic E-state index is 13.7. The Morgan fingerprint density at radius 3 is 2.65 bits per heavy atom. The Balaban J connectivity index is 1.70. The number of hydrogen-bond donors (Lipinski definition) is 1. The fourth-order valence-electron chi connectivity index (χ4n) is 5.16. The number of Topliss-reactive ketones (excluding diaryl/α,β-unsaturated/α-hetero) is 1. The number of carbonyl (C=O) groups is 2. The second-order valence-corrected chi connectivity index (χ2v) is 10.5. The number of halogens is 1. The Morgan fingerprint density at radius 2 is 1.95 bits per heavy atom. The first-order valence-corrected chi connectivity index (χ1v) is 12.5. The molecule has 1 N–H and O–H groups in total. The SMILES string of the molecule is CCC(=O)N1c2ccccc2NC2=C(C(=O)CC(C)(C)C2)C1c1ccc(-c2ccc([N+](=O)[O-])cc2Cl)o1. The highest BCUT2D eigenvalue weighted by atomic mass is 35.5. The minimum Gasteiger partial charge on any atom is -0.458 e. The molecule has 1 unspecified atom stereocenters. The van der Waals surface area contributed by atoms with Crippen molar-refractivity contribution in [3.8, 4) is 11.3 Å². The first kappa shape index (κ1) is 24.8. The normalized spacial score (nSPS) is 18.5. The van der Waals surface area contributed by atoms with Gasteiger partial charge in [0.15, 0.2) is 5.78 Å². The number of furan rings is 1. The zero-order chi connectivity index (χ0) is 26.5. The van der Waals surface area contributed by atoms with Crippen molar-refractivity contribution in [1.29, 1.82) is 0 Å². The molecule has 0 bridgehead atoms. The smallest absolute Gasteiger partial charge is 0.270 e. The number of nitrogens with zero attached hydrogens (tertiary/aromatic N) is 2. The number of para-hydroxylation sites is 2. The molecule has 1 atom stereocenters. The van der Waals surface area contributed by atoms with Crippen LogP contribution < -0.4 is 10.2 Å². The van der Waals surface area contributed by atoms with Crippen LogP contribution in [0.25, 0.3) is 11.3 Å². The second-order valence-electron chi connectivity index (χ2n) is 10.1. The van der Waals surface area contributed by atoms with Crippen molar-refractivity contribution in [1.82, 2.24) is 0 Å². The van der Waals surface area contributed by atoms with Gasteiger partial charge in [0, 0.05) is 41.8 Å². The number of carbonyl (C=O) groups excluding carboxylic acids is 2. The molecule has 0 saturated carbocycles.